The fraction of sp³-hybridized carbons (Fsp3) is 0.667. The maximum Gasteiger partial charge on any atom is 0.249 e. The lowest BCUT2D eigenvalue weighted by molar-refractivity contribution is -0.118. The molecule has 84 valence electrons. The van der Waals surface area contributed by atoms with Gasteiger partial charge in [0.15, 0.2) is 0 Å². The van der Waals surface area contributed by atoms with Gasteiger partial charge in [-0.05, 0) is 12.8 Å². The number of carbonyl (C=O) groups is 1. The van der Waals surface area contributed by atoms with Crippen LogP contribution in [0.5, 0.6) is 0 Å². The number of amides is 1. The average molecular weight is 229 g/mol. The highest BCUT2D eigenvalue weighted by Crippen LogP contribution is 2.18. The SMILES string of the molecule is NC1=CC(=O)NC(S)N1CC1CCCO1. The van der Waals surface area contributed by atoms with Gasteiger partial charge < -0.3 is 20.7 Å². The van der Waals surface area contributed by atoms with Crippen molar-refractivity contribution < 1.29 is 9.53 Å². The molecule has 2 aliphatic rings. The zero-order valence-corrected chi connectivity index (χ0v) is 9.24. The molecule has 5 nitrogen and oxygen atoms in total. The van der Waals surface area contributed by atoms with Gasteiger partial charge >= 0.3 is 0 Å². The van der Waals surface area contributed by atoms with E-state index in [0.717, 1.165) is 19.4 Å². The van der Waals surface area contributed by atoms with E-state index in [0.29, 0.717) is 12.4 Å². The van der Waals surface area contributed by atoms with E-state index in [9.17, 15) is 4.79 Å². The highest BCUT2D eigenvalue weighted by Gasteiger charge is 2.27. The summed E-state index contributed by atoms with van der Waals surface area (Å²) in [6, 6.07) is 0. The van der Waals surface area contributed by atoms with E-state index in [1.165, 1.54) is 6.08 Å². The first-order chi connectivity index (χ1) is 7.16. The second kappa shape index (κ2) is 4.32. The Bertz CT molecular complexity index is 289. The molecule has 6 heteroatoms. The fourth-order valence-corrected chi connectivity index (χ4v) is 2.17. The molecular formula is C9H15N3O2S. The van der Waals surface area contributed by atoms with Gasteiger partial charge in [0.05, 0.1) is 6.10 Å². The Hall–Kier alpha value is -0.880. The van der Waals surface area contributed by atoms with Gasteiger partial charge in [0, 0.05) is 19.2 Å². The van der Waals surface area contributed by atoms with Gasteiger partial charge in [-0.3, -0.25) is 4.79 Å². The molecule has 1 saturated heterocycles. The van der Waals surface area contributed by atoms with Crippen LogP contribution in [-0.4, -0.2) is 35.6 Å². The third-order valence-corrected chi connectivity index (χ3v) is 3.01. The number of nitrogens with zero attached hydrogens (tertiary/aromatic N) is 1. The molecule has 0 aliphatic carbocycles. The highest BCUT2D eigenvalue weighted by molar-refractivity contribution is 7.80. The molecule has 2 unspecified atom stereocenters. The van der Waals surface area contributed by atoms with Crippen LogP contribution in [0.1, 0.15) is 12.8 Å². The minimum atomic E-state index is -0.355. The molecule has 2 rings (SSSR count). The summed E-state index contributed by atoms with van der Waals surface area (Å²) in [4.78, 5) is 12.9. The van der Waals surface area contributed by atoms with E-state index >= 15 is 0 Å². The number of thiol groups is 1. The summed E-state index contributed by atoms with van der Waals surface area (Å²) in [6.07, 6.45) is 3.70. The Kier molecular flexibility index (Phi) is 3.06. The monoisotopic (exact) mass is 229 g/mol. The van der Waals surface area contributed by atoms with Crippen molar-refractivity contribution in [1.29, 1.82) is 0 Å². The molecule has 2 heterocycles. The Labute approximate surface area is 94.0 Å². The molecule has 0 aromatic heterocycles. The molecule has 0 bridgehead atoms. The lowest BCUT2D eigenvalue weighted by atomic mass is 10.2. The zero-order valence-electron chi connectivity index (χ0n) is 8.35. The number of carbonyl (C=O) groups excluding carboxylic acids is 1. The van der Waals surface area contributed by atoms with Gasteiger partial charge in [0.25, 0.3) is 0 Å². The Balaban J connectivity index is 2.00. The average Bonchev–Trinajstić information content (AvgIpc) is 2.63. The Morgan fingerprint density at radius 3 is 3.13 bits per heavy atom. The normalized spacial score (nSPS) is 31.4. The number of rotatable bonds is 2. The van der Waals surface area contributed by atoms with E-state index in [-0.39, 0.29) is 17.5 Å². The second-order valence-electron chi connectivity index (χ2n) is 3.74. The van der Waals surface area contributed by atoms with E-state index < -0.39 is 0 Å². The van der Waals surface area contributed by atoms with Crippen LogP contribution in [0.2, 0.25) is 0 Å². The first kappa shape index (κ1) is 10.6. The topological polar surface area (TPSA) is 67.6 Å². The zero-order chi connectivity index (χ0) is 10.8. The maximum absolute atomic E-state index is 11.1. The van der Waals surface area contributed by atoms with E-state index in [2.05, 4.69) is 17.9 Å². The molecule has 2 atom stereocenters. The molecule has 1 fully saturated rings. The lowest BCUT2D eigenvalue weighted by Gasteiger charge is -2.35. The molecule has 0 aromatic rings. The summed E-state index contributed by atoms with van der Waals surface area (Å²) in [5.74, 6) is 0.255. The molecule has 3 N–H and O–H groups in total. The molecule has 0 aromatic carbocycles. The second-order valence-corrected chi connectivity index (χ2v) is 4.23. The van der Waals surface area contributed by atoms with Crippen molar-refractivity contribution in [3.63, 3.8) is 0 Å². The Morgan fingerprint density at radius 1 is 1.73 bits per heavy atom. The summed E-state index contributed by atoms with van der Waals surface area (Å²) in [5.41, 5.74) is 5.40. The molecular weight excluding hydrogens is 214 g/mol. The van der Waals surface area contributed by atoms with Crippen LogP contribution in [0, 0.1) is 0 Å². The van der Waals surface area contributed by atoms with Gasteiger partial charge in [-0.2, -0.15) is 0 Å². The van der Waals surface area contributed by atoms with Crippen molar-refractivity contribution in [2.24, 2.45) is 5.73 Å². The van der Waals surface area contributed by atoms with Crippen LogP contribution in [-0.2, 0) is 9.53 Å². The van der Waals surface area contributed by atoms with Crippen molar-refractivity contribution in [3.8, 4) is 0 Å². The lowest BCUT2D eigenvalue weighted by Crippen LogP contribution is -2.51. The van der Waals surface area contributed by atoms with Crippen LogP contribution >= 0.6 is 12.6 Å². The van der Waals surface area contributed by atoms with Gasteiger partial charge in [-0.25, -0.2) is 0 Å². The number of ether oxygens (including phenoxy) is 1. The number of hydrogen-bond acceptors (Lipinski definition) is 5. The predicted octanol–water partition coefficient (Wildman–Crippen LogP) is -0.389. The third kappa shape index (κ3) is 2.38. The Morgan fingerprint density at radius 2 is 2.53 bits per heavy atom. The molecule has 0 spiro atoms. The summed E-state index contributed by atoms with van der Waals surface area (Å²) in [6.45, 7) is 1.49. The molecule has 0 saturated carbocycles. The van der Waals surface area contributed by atoms with Crippen LogP contribution in [0.4, 0.5) is 0 Å². The maximum atomic E-state index is 11.1. The minimum absolute atomic E-state index is 0.196. The predicted molar refractivity (Wildman–Crippen MR) is 58.9 cm³/mol. The standard InChI is InChI=1S/C9H15N3O2S/c10-7-4-8(13)11-9(15)12(7)5-6-2-1-3-14-6/h4,6,9,15H,1-3,5,10H2,(H,11,13). The summed E-state index contributed by atoms with van der Waals surface area (Å²) < 4.78 is 5.51. The highest BCUT2D eigenvalue weighted by atomic mass is 32.1. The summed E-state index contributed by atoms with van der Waals surface area (Å²) in [5, 5.41) is 2.67. The molecule has 0 radical (unpaired) electrons. The van der Waals surface area contributed by atoms with Gasteiger partial charge in [-0.15, -0.1) is 12.6 Å². The van der Waals surface area contributed by atoms with Crippen LogP contribution in [0.3, 0.4) is 0 Å². The first-order valence-electron chi connectivity index (χ1n) is 5.01. The van der Waals surface area contributed by atoms with Gasteiger partial charge in [0.1, 0.15) is 11.3 Å². The van der Waals surface area contributed by atoms with Crippen LogP contribution < -0.4 is 11.1 Å². The van der Waals surface area contributed by atoms with E-state index in [1.807, 2.05) is 4.90 Å². The van der Waals surface area contributed by atoms with Crippen molar-refractivity contribution in [3.05, 3.63) is 11.9 Å². The first-order valence-corrected chi connectivity index (χ1v) is 5.52. The third-order valence-electron chi connectivity index (χ3n) is 2.60. The number of nitrogens with one attached hydrogen (secondary N) is 1. The molecule has 2 aliphatic heterocycles. The molecule has 15 heavy (non-hydrogen) atoms. The quantitative estimate of drug-likeness (QED) is 0.564. The van der Waals surface area contributed by atoms with Gasteiger partial charge in [-0.1, -0.05) is 0 Å². The van der Waals surface area contributed by atoms with E-state index in [1.54, 1.807) is 0 Å². The fourth-order valence-electron chi connectivity index (χ4n) is 1.82. The summed E-state index contributed by atoms with van der Waals surface area (Å²) >= 11 is 4.27. The van der Waals surface area contributed by atoms with Crippen LogP contribution in [0.15, 0.2) is 11.9 Å². The van der Waals surface area contributed by atoms with Crippen molar-refractivity contribution >= 4 is 18.5 Å². The van der Waals surface area contributed by atoms with Crippen molar-refractivity contribution in [2.45, 2.75) is 24.4 Å². The van der Waals surface area contributed by atoms with Crippen LogP contribution in [0.25, 0.3) is 0 Å². The number of nitrogens with two attached hydrogens (primary N) is 1. The van der Waals surface area contributed by atoms with Gasteiger partial charge in [0.2, 0.25) is 5.91 Å². The number of hydrogen-bond donors (Lipinski definition) is 3. The molecule has 1 amide bonds. The smallest absolute Gasteiger partial charge is 0.249 e. The largest absolute Gasteiger partial charge is 0.385 e. The van der Waals surface area contributed by atoms with Crippen molar-refractivity contribution in [2.75, 3.05) is 13.2 Å². The minimum Gasteiger partial charge on any atom is -0.385 e. The van der Waals surface area contributed by atoms with Crippen molar-refractivity contribution in [1.82, 2.24) is 10.2 Å². The van der Waals surface area contributed by atoms with E-state index in [4.69, 9.17) is 10.5 Å². The summed E-state index contributed by atoms with van der Waals surface area (Å²) in [7, 11) is 0.